The molecule has 0 spiro atoms. The van der Waals surface area contributed by atoms with E-state index in [2.05, 4.69) is 13.8 Å². The van der Waals surface area contributed by atoms with Gasteiger partial charge in [0, 0.05) is 16.9 Å². The van der Waals surface area contributed by atoms with Crippen LogP contribution in [0.1, 0.15) is 44.2 Å². The van der Waals surface area contributed by atoms with Crippen LogP contribution in [-0.4, -0.2) is 17.3 Å². The van der Waals surface area contributed by atoms with E-state index in [0.29, 0.717) is 0 Å². The van der Waals surface area contributed by atoms with Gasteiger partial charge in [-0.25, -0.2) is 0 Å². The third-order valence-electron chi connectivity index (χ3n) is 4.74. The van der Waals surface area contributed by atoms with E-state index < -0.39 is 0 Å². The van der Waals surface area contributed by atoms with Crippen molar-refractivity contribution in [1.29, 1.82) is 0 Å². The summed E-state index contributed by atoms with van der Waals surface area (Å²) in [6.45, 7) is 8.29. The number of ether oxygens (including phenoxy) is 1. The molecular formula is C16H23ClO2. The Labute approximate surface area is 120 Å². The first-order chi connectivity index (χ1) is 8.94. The molecule has 1 aliphatic carbocycles. The van der Waals surface area contributed by atoms with Gasteiger partial charge in [-0.2, -0.15) is 0 Å². The molecule has 2 atom stereocenters. The van der Waals surface area contributed by atoms with Crippen molar-refractivity contribution >= 4 is 11.6 Å². The number of benzene rings is 1. The Morgan fingerprint density at radius 2 is 1.79 bits per heavy atom. The number of rotatable bonds is 4. The number of aliphatic hydroxyl groups excluding tert-OH is 1. The molecule has 0 amide bonds. The molecule has 1 aromatic carbocycles. The van der Waals surface area contributed by atoms with Gasteiger partial charge in [0.05, 0.1) is 6.10 Å². The zero-order chi connectivity index (χ0) is 14.2. The summed E-state index contributed by atoms with van der Waals surface area (Å²) >= 11 is 6.04. The van der Waals surface area contributed by atoms with E-state index in [1.54, 1.807) is 0 Å². The first-order valence-electron chi connectivity index (χ1n) is 7.06. The van der Waals surface area contributed by atoms with Crippen molar-refractivity contribution in [2.75, 3.05) is 0 Å². The van der Waals surface area contributed by atoms with Crippen molar-refractivity contribution in [2.24, 2.45) is 5.41 Å². The summed E-state index contributed by atoms with van der Waals surface area (Å²) in [5.41, 5.74) is 2.04. The monoisotopic (exact) mass is 282 g/mol. The summed E-state index contributed by atoms with van der Waals surface area (Å²) in [7, 11) is 0. The Kier molecular flexibility index (Phi) is 4.12. The van der Waals surface area contributed by atoms with Crippen molar-refractivity contribution in [1.82, 2.24) is 0 Å². The van der Waals surface area contributed by atoms with Crippen LogP contribution in [0.15, 0.2) is 12.1 Å². The van der Waals surface area contributed by atoms with Crippen molar-refractivity contribution < 1.29 is 9.84 Å². The van der Waals surface area contributed by atoms with Gasteiger partial charge in [-0.1, -0.05) is 25.4 Å². The SMILES string of the molecule is CCC1(CC)C(O)CC1Oc1c(C)cc(Cl)cc1C. The number of hydrogen-bond donors (Lipinski definition) is 1. The number of aryl methyl sites for hydroxylation is 2. The van der Waals surface area contributed by atoms with E-state index >= 15 is 0 Å². The maximum atomic E-state index is 10.1. The molecule has 2 rings (SSSR count). The normalized spacial score (nSPS) is 24.9. The van der Waals surface area contributed by atoms with Gasteiger partial charge in [-0.15, -0.1) is 0 Å². The molecule has 0 aromatic heterocycles. The van der Waals surface area contributed by atoms with E-state index in [-0.39, 0.29) is 17.6 Å². The summed E-state index contributed by atoms with van der Waals surface area (Å²) in [6.07, 6.45) is 2.49. The fourth-order valence-electron chi connectivity index (χ4n) is 3.29. The Bertz CT molecular complexity index is 443. The second kappa shape index (κ2) is 5.34. The van der Waals surface area contributed by atoms with E-state index in [0.717, 1.165) is 41.2 Å². The average molecular weight is 283 g/mol. The van der Waals surface area contributed by atoms with Crippen LogP contribution in [0.3, 0.4) is 0 Å². The molecule has 1 fully saturated rings. The Hall–Kier alpha value is -0.730. The lowest BCUT2D eigenvalue weighted by Gasteiger charge is -2.52. The molecule has 106 valence electrons. The average Bonchev–Trinajstić information content (AvgIpc) is 2.33. The maximum Gasteiger partial charge on any atom is 0.125 e. The summed E-state index contributed by atoms with van der Waals surface area (Å²) in [6, 6.07) is 3.86. The number of hydrogen-bond acceptors (Lipinski definition) is 2. The minimum atomic E-state index is -0.236. The van der Waals surface area contributed by atoms with Gasteiger partial charge in [0.1, 0.15) is 11.9 Å². The third kappa shape index (κ3) is 2.36. The first-order valence-corrected chi connectivity index (χ1v) is 7.43. The molecule has 0 saturated heterocycles. The quantitative estimate of drug-likeness (QED) is 0.893. The van der Waals surface area contributed by atoms with Crippen LogP contribution in [0, 0.1) is 19.3 Å². The highest BCUT2D eigenvalue weighted by atomic mass is 35.5. The second-order valence-corrected chi connectivity index (χ2v) is 6.10. The lowest BCUT2D eigenvalue weighted by atomic mass is 9.60. The Balaban J connectivity index is 2.23. The molecular weight excluding hydrogens is 260 g/mol. The largest absolute Gasteiger partial charge is 0.489 e. The standard InChI is InChI=1S/C16H23ClO2/c1-5-16(6-2)13(18)9-14(16)19-15-10(3)7-12(17)8-11(15)4/h7-8,13-14,18H,5-6,9H2,1-4H3. The van der Waals surface area contributed by atoms with E-state index in [4.69, 9.17) is 16.3 Å². The smallest absolute Gasteiger partial charge is 0.125 e. The van der Waals surface area contributed by atoms with E-state index in [1.807, 2.05) is 26.0 Å². The summed E-state index contributed by atoms with van der Waals surface area (Å²) in [5.74, 6) is 0.924. The zero-order valence-corrected chi connectivity index (χ0v) is 12.9. The lowest BCUT2D eigenvalue weighted by molar-refractivity contribution is -0.160. The van der Waals surface area contributed by atoms with Gasteiger partial charge in [-0.3, -0.25) is 0 Å². The molecule has 2 nitrogen and oxygen atoms in total. The zero-order valence-electron chi connectivity index (χ0n) is 12.2. The van der Waals surface area contributed by atoms with E-state index in [1.165, 1.54) is 0 Å². The van der Waals surface area contributed by atoms with Crippen molar-refractivity contribution in [3.05, 3.63) is 28.3 Å². The topological polar surface area (TPSA) is 29.5 Å². The maximum absolute atomic E-state index is 10.1. The molecule has 19 heavy (non-hydrogen) atoms. The molecule has 1 N–H and O–H groups in total. The molecule has 0 bridgehead atoms. The molecule has 0 radical (unpaired) electrons. The first kappa shape index (κ1) is 14.7. The van der Waals surface area contributed by atoms with Crippen molar-refractivity contribution in [3.8, 4) is 5.75 Å². The van der Waals surface area contributed by atoms with Gasteiger partial charge in [0.15, 0.2) is 0 Å². The van der Waals surface area contributed by atoms with Crippen molar-refractivity contribution in [2.45, 2.75) is 59.2 Å². The van der Waals surface area contributed by atoms with Crippen LogP contribution in [0.25, 0.3) is 0 Å². The van der Waals surface area contributed by atoms with Crippen LogP contribution in [0.5, 0.6) is 5.75 Å². The minimum absolute atomic E-state index is 0.0848. The van der Waals surface area contributed by atoms with Crippen LogP contribution in [-0.2, 0) is 0 Å². The van der Waals surface area contributed by atoms with Gasteiger partial charge in [0.2, 0.25) is 0 Å². The van der Waals surface area contributed by atoms with Crippen LogP contribution < -0.4 is 4.74 Å². The fourth-order valence-corrected chi connectivity index (χ4v) is 3.62. The lowest BCUT2D eigenvalue weighted by Crippen LogP contribution is -2.59. The molecule has 0 aliphatic heterocycles. The fraction of sp³-hybridized carbons (Fsp3) is 0.625. The Morgan fingerprint density at radius 3 is 2.21 bits per heavy atom. The molecule has 1 saturated carbocycles. The van der Waals surface area contributed by atoms with Crippen LogP contribution in [0.2, 0.25) is 5.02 Å². The van der Waals surface area contributed by atoms with Crippen LogP contribution in [0.4, 0.5) is 0 Å². The van der Waals surface area contributed by atoms with E-state index in [9.17, 15) is 5.11 Å². The molecule has 1 aromatic rings. The number of aliphatic hydroxyl groups is 1. The van der Waals surface area contributed by atoms with Gasteiger partial charge >= 0.3 is 0 Å². The Morgan fingerprint density at radius 1 is 1.26 bits per heavy atom. The number of halogens is 1. The molecule has 1 aliphatic rings. The molecule has 0 heterocycles. The van der Waals surface area contributed by atoms with Gasteiger partial charge in [0.25, 0.3) is 0 Å². The highest BCUT2D eigenvalue weighted by molar-refractivity contribution is 6.30. The summed E-state index contributed by atoms with van der Waals surface area (Å²) in [5, 5.41) is 10.8. The highest BCUT2D eigenvalue weighted by Gasteiger charge is 2.53. The second-order valence-electron chi connectivity index (χ2n) is 5.67. The van der Waals surface area contributed by atoms with Crippen molar-refractivity contribution in [3.63, 3.8) is 0 Å². The summed E-state index contributed by atoms with van der Waals surface area (Å²) < 4.78 is 6.22. The molecule has 3 heteroatoms. The third-order valence-corrected chi connectivity index (χ3v) is 4.96. The van der Waals surface area contributed by atoms with Crippen LogP contribution >= 0.6 is 11.6 Å². The molecule has 2 unspecified atom stereocenters. The highest BCUT2D eigenvalue weighted by Crippen LogP contribution is 2.49. The summed E-state index contributed by atoms with van der Waals surface area (Å²) in [4.78, 5) is 0. The predicted octanol–water partition coefficient (Wildman–Crippen LogP) is 4.28. The van der Waals surface area contributed by atoms with Gasteiger partial charge < -0.3 is 9.84 Å². The minimum Gasteiger partial charge on any atom is -0.489 e. The predicted molar refractivity (Wildman–Crippen MR) is 79.0 cm³/mol. The van der Waals surface area contributed by atoms with Gasteiger partial charge in [-0.05, 0) is 49.9 Å².